The number of nitrogens with one attached hydrogen (secondary N) is 1. The Balaban J connectivity index is 2.30. The van der Waals surface area contributed by atoms with Gasteiger partial charge < -0.3 is 5.32 Å². The average molecular weight is 390 g/mol. The van der Waals surface area contributed by atoms with Crippen LogP contribution in [-0.2, 0) is 16.4 Å². The van der Waals surface area contributed by atoms with Crippen LogP contribution < -0.4 is 5.32 Å². The third-order valence-corrected chi connectivity index (χ3v) is 5.32. The Kier molecular flexibility index (Phi) is 4.91. The van der Waals surface area contributed by atoms with Crippen molar-refractivity contribution in [2.75, 3.05) is 11.6 Å². The van der Waals surface area contributed by atoms with Crippen molar-refractivity contribution >= 4 is 43.1 Å². The van der Waals surface area contributed by atoms with Crippen LogP contribution in [0.1, 0.15) is 11.1 Å². The molecule has 2 aromatic rings. The first-order valence-electron chi connectivity index (χ1n) is 6.12. The molecule has 0 aliphatic carbocycles. The Bertz CT molecular complexity index is 779. The summed E-state index contributed by atoms with van der Waals surface area (Å²) in [6, 6.07) is 6.79. The SMILES string of the molecule is Cc1cc(NCc2c(Cl)cccc2S(C)(=O)=O)cnc1Br. The molecule has 0 amide bonds. The van der Waals surface area contributed by atoms with Gasteiger partial charge in [-0.3, -0.25) is 0 Å². The van der Waals surface area contributed by atoms with E-state index in [1.54, 1.807) is 24.4 Å². The molecule has 7 heteroatoms. The van der Waals surface area contributed by atoms with E-state index in [-0.39, 0.29) is 4.90 Å². The Morgan fingerprint density at radius 3 is 2.71 bits per heavy atom. The Morgan fingerprint density at radius 2 is 2.10 bits per heavy atom. The second-order valence-electron chi connectivity index (χ2n) is 4.67. The Morgan fingerprint density at radius 1 is 1.38 bits per heavy atom. The van der Waals surface area contributed by atoms with Crippen molar-refractivity contribution in [2.45, 2.75) is 18.4 Å². The van der Waals surface area contributed by atoms with E-state index in [2.05, 4.69) is 26.2 Å². The van der Waals surface area contributed by atoms with Gasteiger partial charge in [0.25, 0.3) is 0 Å². The maximum Gasteiger partial charge on any atom is 0.175 e. The van der Waals surface area contributed by atoms with Crippen LogP contribution in [0.2, 0.25) is 5.02 Å². The van der Waals surface area contributed by atoms with Crippen molar-refractivity contribution < 1.29 is 8.42 Å². The quantitative estimate of drug-likeness (QED) is 0.808. The number of rotatable bonds is 4. The summed E-state index contributed by atoms with van der Waals surface area (Å²) in [6.07, 6.45) is 2.85. The van der Waals surface area contributed by atoms with E-state index in [0.29, 0.717) is 17.1 Å². The van der Waals surface area contributed by atoms with E-state index in [0.717, 1.165) is 15.9 Å². The second kappa shape index (κ2) is 6.34. The second-order valence-corrected chi connectivity index (χ2v) is 7.82. The van der Waals surface area contributed by atoms with Crippen molar-refractivity contribution in [1.82, 2.24) is 4.98 Å². The number of anilines is 1. The lowest BCUT2D eigenvalue weighted by Crippen LogP contribution is -2.08. The van der Waals surface area contributed by atoms with Gasteiger partial charge in [0.2, 0.25) is 0 Å². The Hall–Kier alpha value is -1.11. The van der Waals surface area contributed by atoms with Crippen LogP contribution in [0, 0.1) is 6.92 Å². The molecule has 0 aliphatic rings. The molecule has 112 valence electrons. The highest BCUT2D eigenvalue weighted by Crippen LogP contribution is 2.25. The molecule has 0 bridgehead atoms. The summed E-state index contributed by atoms with van der Waals surface area (Å²) in [6.45, 7) is 2.24. The fraction of sp³-hybridized carbons (Fsp3) is 0.214. The fourth-order valence-corrected chi connectivity index (χ4v) is 3.37. The van der Waals surface area contributed by atoms with E-state index in [1.165, 1.54) is 6.26 Å². The van der Waals surface area contributed by atoms with Crippen molar-refractivity contribution in [3.8, 4) is 0 Å². The highest BCUT2D eigenvalue weighted by molar-refractivity contribution is 9.10. The maximum absolute atomic E-state index is 11.8. The number of sulfone groups is 1. The van der Waals surface area contributed by atoms with Crippen LogP contribution in [0.5, 0.6) is 0 Å². The molecule has 0 saturated heterocycles. The fourth-order valence-electron chi connectivity index (χ4n) is 1.90. The normalized spacial score (nSPS) is 11.4. The number of hydrogen-bond acceptors (Lipinski definition) is 4. The van der Waals surface area contributed by atoms with E-state index in [1.807, 2.05) is 13.0 Å². The number of benzene rings is 1. The predicted molar refractivity (Wildman–Crippen MR) is 88.6 cm³/mol. The van der Waals surface area contributed by atoms with Gasteiger partial charge in [-0.2, -0.15) is 0 Å². The lowest BCUT2D eigenvalue weighted by atomic mass is 10.2. The van der Waals surface area contributed by atoms with Gasteiger partial charge in [0.05, 0.1) is 16.8 Å². The monoisotopic (exact) mass is 388 g/mol. The summed E-state index contributed by atoms with van der Waals surface area (Å²) >= 11 is 9.47. The highest BCUT2D eigenvalue weighted by Gasteiger charge is 2.15. The molecule has 0 aliphatic heterocycles. The van der Waals surface area contributed by atoms with Crippen molar-refractivity contribution in [2.24, 2.45) is 0 Å². The third-order valence-electron chi connectivity index (χ3n) is 2.96. The molecule has 0 saturated carbocycles. The minimum absolute atomic E-state index is 0.240. The smallest absolute Gasteiger partial charge is 0.175 e. The van der Waals surface area contributed by atoms with Crippen LogP contribution in [0.25, 0.3) is 0 Å². The summed E-state index contributed by atoms with van der Waals surface area (Å²) < 4.78 is 24.4. The van der Waals surface area contributed by atoms with Crippen molar-refractivity contribution in [3.05, 3.63) is 51.2 Å². The van der Waals surface area contributed by atoms with E-state index < -0.39 is 9.84 Å². The first-order chi connectivity index (χ1) is 9.79. The molecular formula is C14H14BrClN2O2S. The highest BCUT2D eigenvalue weighted by atomic mass is 79.9. The summed E-state index contributed by atoms with van der Waals surface area (Å²) in [5, 5.41) is 3.57. The molecule has 21 heavy (non-hydrogen) atoms. The van der Waals surface area contributed by atoms with Gasteiger partial charge in [0.15, 0.2) is 9.84 Å². The molecule has 4 nitrogen and oxygen atoms in total. The number of pyridine rings is 1. The zero-order chi connectivity index (χ0) is 15.6. The van der Waals surface area contributed by atoms with E-state index in [4.69, 9.17) is 11.6 Å². The standard InChI is InChI=1S/C14H14BrClN2O2S/c1-9-6-10(7-18-14(9)15)17-8-11-12(16)4-3-5-13(11)21(2,19)20/h3-7,17H,8H2,1-2H3. The lowest BCUT2D eigenvalue weighted by molar-refractivity contribution is 0.601. The molecule has 1 heterocycles. The van der Waals surface area contributed by atoms with Crippen LogP contribution in [-0.4, -0.2) is 19.7 Å². The Labute approximate surface area is 137 Å². The van der Waals surface area contributed by atoms with Crippen LogP contribution in [0.3, 0.4) is 0 Å². The average Bonchev–Trinajstić information content (AvgIpc) is 2.40. The van der Waals surface area contributed by atoms with E-state index >= 15 is 0 Å². The van der Waals surface area contributed by atoms with E-state index in [9.17, 15) is 8.42 Å². The summed E-state index contributed by atoms with van der Waals surface area (Å²) in [4.78, 5) is 4.43. The molecule has 1 aromatic carbocycles. The summed E-state index contributed by atoms with van der Waals surface area (Å²) in [7, 11) is -3.32. The topological polar surface area (TPSA) is 59.1 Å². The van der Waals surface area contributed by atoms with Crippen LogP contribution >= 0.6 is 27.5 Å². The number of halogens is 2. The molecule has 0 atom stereocenters. The zero-order valence-electron chi connectivity index (χ0n) is 11.5. The number of aryl methyl sites for hydroxylation is 1. The first kappa shape index (κ1) is 16.3. The molecule has 2 rings (SSSR count). The van der Waals surface area contributed by atoms with Gasteiger partial charge in [-0.1, -0.05) is 17.7 Å². The van der Waals surface area contributed by atoms with Gasteiger partial charge >= 0.3 is 0 Å². The molecule has 0 radical (unpaired) electrons. The van der Waals surface area contributed by atoms with Gasteiger partial charge in [0, 0.05) is 23.4 Å². The lowest BCUT2D eigenvalue weighted by Gasteiger charge is -2.12. The first-order valence-corrected chi connectivity index (χ1v) is 9.18. The molecule has 0 unspecified atom stereocenters. The molecule has 0 fully saturated rings. The predicted octanol–water partition coefficient (Wildman–Crippen LogP) is 3.82. The number of nitrogens with zero attached hydrogens (tertiary/aromatic N) is 1. The summed E-state index contributed by atoms with van der Waals surface area (Å²) in [5.74, 6) is 0. The van der Waals surface area contributed by atoms with Gasteiger partial charge in [-0.25, -0.2) is 13.4 Å². The van der Waals surface area contributed by atoms with Gasteiger partial charge in [-0.15, -0.1) is 0 Å². The maximum atomic E-state index is 11.8. The molecular weight excluding hydrogens is 376 g/mol. The van der Waals surface area contributed by atoms with Crippen molar-refractivity contribution in [1.29, 1.82) is 0 Å². The number of aromatic nitrogens is 1. The van der Waals surface area contributed by atoms with Crippen molar-refractivity contribution in [3.63, 3.8) is 0 Å². The zero-order valence-corrected chi connectivity index (χ0v) is 14.7. The molecule has 1 aromatic heterocycles. The molecule has 1 N–H and O–H groups in total. The molecule has 0 spiro atoms. The van der Waals surface area contributed by atoms with Crippen LogP contribution in [0.4, 0.5) is 5.69 Å². The minimum atomic E-state index is -3.32. The largest absolute Gasteiger partial charge is 0.380 e. The number of hydrogen-bond donors (Lipinski definition) is 1. The summed E-state index contributed by atoms with van der Waals surface area (Å²) in [5.41, 5.74) is 2.35. The van der Waals surface area contributed by atoms with Gasteiger partial charge in [0.1, 0.15) is 4.60 Å². The third kappa shape index (κ3) is 3.96. The minimum Gasteiger partial charge on any atom is -0.380 e. The van der Waals surface area contributed by atoms with Gasteiger partial charge in [-0.05, 0) is 46.6 Å². The van der Waals surface area contributed by atoms with Crippen LogP contribution in [0.15, 0.2) is 40.0 Å².